The van der Waals surface area contributed by atoms with E-state index >= 15 is 0 Å². The second kappa shape index (κ2) is 13.3. The summed E-state index contributed by atoms with van der Waals surface area (Å²) in [6, 6.07) is 24.8. The molecule has 186 valence electrons. The predicted octanol–water partition coefficient (Wildman–Crippen LogP) is 8.89. The maximum atomic E-state index is 13.6. The first-order chi connectivity index (χ1) is 17.7. The lowest BCUT2D eigenvalue weighted by molar-refractivity contribution is -0.113. The average molecular weight is 519 g/mol. The average Bonchev–Trinajstić information content (AvgIpc) is 3.19. The number of hydrogen-bond acceptors (Lipinski definition) is 4. The summed E-state index contributed by atoms with van der Waals surface area (Å²) in [5.41, 5.74) is 2.36. The van der Waals surface area contributed by atoms with E-state index in [1.54, 1.807) is 4.90 Å². The molecular weight excluding hydrogens is 488 g/mol. The van der Waals surface area contributed by atoms with Gasteiger partial charge in [0.05, 0.1) is 22.9 Å². The molecule has 0 atom stereocenters. The van der Waals surface area contributed by atoms with Crippen LogP contribution in [0.4, 0.5) is 11.4 Å². The zero-order chi connectivity index (χ0) is 25.2. The number of halogens is 1. The fourth-order valence-electron chi connectivity index (χ4n) is 3.94. The molecule has 36 heavy (non-hydrogen) atoms. The van der Waals surface area contributed by atoms with Crippen LogP contribution < -0.4 is 9.64 Å². The summed E-state index contributed by atoms with van der Waals surface area (Å²) in [4.78, 5) is 20.6. The summed E-state index contributed by atoms with van der Waals surface area (Å²) < 4.78 is 6.11. The molecule has 0 bridgehead atoms. The Morgan fingerprint density at radius 3 is 2.36 bits per heavy atom. The molecule has 0 saturated carbocycles. The first-order valence-electron chi connectivity index (χ1n) is 12.5. The fourth-order valence-corrected chi connectivity index (χ4v) is 5.11. The highest BCUT2D eigenvalue weighted by atomic mass is 35.5. The van der Waals surface area contributed by atoms with Crippen LogP contribution >= 0.6 is 23.4 Å². The number of carbonyl (C=O) groups is 1. The highest BCUT2D eigenvalue weighted by molar-refractivity contribution is 8.19. The van der Waals surface area contributed by atoms with Crippen molar-refractivity contribution in [2.75, 3.05) is 11.5 Å². The number of benzene rings is 3. The molecule has 1 fully saturated rings. The van der Waals surface area contributed by atoms with Crippen molar-refractivity contribution in [1.29, 1.82) is 0 Å². The first-order valence-corrected chi connectivity index (χ1v) is 13.7. The van der Waals surface area contributed by atoms with Crippen LogP contribution in [0.15, 0.2) is 88.8 Å². The van der Waals surface area contributed by atoms with E-state index in [0.717, 1.165) is 35.5 Å². The minimum absolute atomic E-state index is 0.122. The number of hydrogen-bond donors (Lipinski definition) is 0. The molecule has 1 amide bonds. The molecule has 0 radical (unpaired) electrons. The Morgan fingerprint density at radius 1 is 0.917 bits per heavy atom. The molecule has 1 heterocycles. The number of aliphatic imine (C=N–C) groups is 1. The van der Waals surface area contributed by atoms with Crippen molar-refractivity contribution >= 4 is 51.9 Å². The van der Waals surface area contributed by atoms with Crippen LogP contribution in [0.1, 0.15) is 51.0 Å². The van der Waals surface area contributed by atoms with E-state index in [9.17, 15) is 4.79 Å². The van der Waals surface area contributed by atoms with Gasteiger partial charge in [0.15, 0.2) is 5.17 Å². The van der Waals surface area contributed by atoms with Crippen LogP contribution in [-0.4, -0.2) is 17.7 Å². The van der Waals surface area contributed by atoms with Gasteiger partial charge in [0.1, 0.15) is 5.75 Å². The van der Waals surface area contributed by atoms with Crippen molar-refractivity contribution in [1.82, 2.24) is 0 Å². The third kappa shape index (κ3) is 7.02. The lowest BCUT2D eigenvalue weighted by Crippen LogP contribution is -2.28. The van der Waals surface area contributed by atoms with Gasteiger partial charge in [-0.3, -0.25) is 9.69 Å². The number of rotatable bonds is 11. The van der Waals surface area contributed by atoms with Crippen LogP contribution in [0.2, 0.25) is 5.02 Å². The Morgan fingerprint density at radius 2 is 1.61 bits per heavy atom. The normalized spacial score (nSPS) is 15.7. The van der Waals surface area contributed by atoms with Crippen molar-refractivity contribution in [2.24, 2.45) is 4.99 Å². The number of amidine groups is 1. The first kappa shape index (κ1) is 26.1. The number of para-hydroxylation sites is 2. The Balaban J connectivity index is 1.57. The molecule has 1 saturated heterocycles. The van der Waals surface area contributed by atoms with E-state index in [2.05, 4.69) is 6.92 Å². The molecule has 0 unspecified atom stereocenters. The van der Waals surface area contributed by atoms with Crippen molar-refractivity contribution in [3.63, 3.8) is 0 Å². The maximum absolute atomic E-state index is 13.6. The molecule has 4 nitrogen and oxygen atoms in total. The number of ether oxygens (including phenoxy) is 1. The lowest BCUT2D eigenvalue weighted by atomic mass is 10.1. The van der Waals surface area contributed by atoms with Gasteiger partial charge < -0.3 is 4.74 Å². The highest BCUT2D eigenvalue weighted by Crippen LogP contribution is 2.38. The SMILES string of the molecule is CCCCCCCCOc1ccc(Cl)cc1/C=C1/SC(=Nc2ccccc2)N(c2ccccc2)C1=O. The zero-order valence-corrected chi connectivity index (χ0v) is 22.1. The van der Waals surface area contributed by atoms with Crippen LogP contribution in [0.5, 0.6) is 5.75 Å². The van der Waals surface area contributed by atoms with Crippen LogP contribution in [0, 0.1) is 0 Å². The Bertz CT molecular complexity index is 1210. The van der Waals surface area contributed by atoms with Gasteiger partial charge in [-0.1, -0.05) is 87.0 Å². The van der Waals surface area contributed by atoms with E-state index in [4.69, 9.17) is 21.3 Å². The lowest BCUT2D eigenvalue weighted by Gasteiger charge is -2.15. The molecule has 3 aromatic rings. The van der Waals surface area contributed by atoms with E-state index in [1.807, 2.05) is 84.9 Å². The largest absolute Gasteiger partial charge is 0.493 e. The van der Waals surface area contributed by atoms with Crippen molar-refractivity contribution in [3.05, 3.63) is 94.4 Å². The van der Waals surface area contributed by atoms with Gasteiger partial charge in [0, 0.05) is 10.6 Å². The third-order valence-corrected chi connectivity index (χ3v) is 7.02. The molecule has 0 spiro atoms. The second-order valence-corrected chi connectivity index (χ2v) is 10.1. The second-order valence-electron chi connectivity index (χ2n) is 8.62. The molecular formula is C30H31ClN2O2S. The van der Waals surface area contributed by atoms with E-state index in [0.29, 0.717) is 21.7 Å². The summed E-state index contributed by atoms with van der Waals surface area (Å²) in [5.74, 6) is 0.608. The molecule has 0 aromatic heterocycles. The van der Waals surface area contributed by atoms with E-state index < -0.39 is 0 Å². The van der Waals surface area contributed by atoms with E-state index in [-0.39, 0.29) is 5.91 Å². The smallest absolute Gasteiger partial charge is 0.271 e. The quantitative estimate of drug-likeness (QED) is 0.188. The predicted molar refractivity (Wildman–Crippen MR) is 153 cm³/mol. The van der Waals surface area contributed by atoms with Gasteiger partial charge in [-0.05, 0) is 66.7 Å². The number of amides is 1. The Labute approximate surface area is 223 Å². The topological polar surface area (TPSA) is 41.9 Å². The van der Waals surface area contributed by atoms with E-state index in [1.165, 1.54) is 37.4 Å². The minimum atomic E-state index is -0.122. The molecule has 6 heteroatoms. The summed E-state index contributed by atoms with van der Waals surface area (Å²) >= 11 is 7.68. The number of unbranched alkanes of at least 4 members (excludes halogenated alkanes) is 5. The summed E-state index contributed by atoms with van der Waals surface area (Å²) in [7, 11) is 0. The van der Waals surface area contributed by atoms with Crippen LogP contribution in [0.25, 0.3) is 6.08 Å². The Kier molecular flexibility index (Phi) is 9.65. The van der Waals surface area contributed by atoms with Crippen molar-refractivity contribution < 1.29 is 9.53 Å². The van der Waals surface area contributed by atoms with Gasteiger partial charge in [0.2, 0.25) is 0 Å². The van der Waals surface area contributed by atoms with Crippen LogP contribution in [0.3, 0.4) is 0 Å². The summed E-state index contributed by atoms with van der Waals surface area (Å²) in [6.07, 6.45) is 9.07. The van der Waals surface area contributed by atoms with Gasteiger partial charge in [-0.25, -0.2) is 4.99 Å². The maximum Gasteiger partial charge on any atom is 0.271 e. The Hall–Kier alpha value is -3.02. The van der Waals surface area contributed by atoms with Crippen LogP contribution in [-0.2, 0) is 4.79 Å². The van der Waals surface area contributed by atoms with Crippen molar-refractivity contribution in [2.45, 2.75) is 45.4 Å². The molecule has 1 aliphatic rings. The number of thioether (sulfide) groups is 1. The zero-order valence-electron chi connectivity index (χ0n) is 20.5. The number of nitrogens with zero attached hydrogens (tertiary/aromatic N) is 2. The highest BCUT2D eigenvalue weighted by Gasteiger charge is 2.35. The molecule has 0 aliphatic carbocycles. The van der Waals surface area contributed by atoms with Gasteiger partial charge in [-0.15, -0.1) is 0 Å². The number of carbonyl (C=O) groups excluding carboxylic acids is 1. The number of anilines is 1. The fraction of sp³-hybridized carbons (Fsp3) is 0.267. The monoisotopic (exact) mass is 518 g/mol. The summed E-state index contributed by atoms with van der Waals surface area (Å²) in [5, 5.41) is 1.21. The van der Waals surface area contributed by atoms with Gasteiger partial charge in [-0.2, -0.15) is 0 Å². The standard InChI is InChI=1S/C30H31ClN2O2S/c1-2-3-4-5-6-13-20-35-27-19-18-24(31)21-23(27)22-28-29(34)33(26-16-11-8-12-17-26)30(36-28)32-25-14-9-7-10-15-25/h7-12,14-19,21-22H,2-6,13,20H2,1H3/b28-22+,32-30?. The van der Waals surface area contributed by atoms with Gasteiger partial charge in [0.25, 0.3) is 5.91 Å². The van der Waals surface area contributed by atoms with Crippen molar-refractivity contribution in [3.8, 4) is 5.75 Å². The molecule has 3 aromatic carbocycles. The molecule has 0 N–H and O–H groups in total. The molecule has 1 aliphatic heterocycles. The summed E-state index contributed by atoms with van der Waals surface area (Å²) in [6.45, 7) is 2.87. The third-order valence-electron chi connectivity index (χ3n) is 5.82. The van der Waals surface area contributed by atoms with Gasteiger partial charge >= 0.3 is 0 Å². The molecule has 4 rings (SSSR count). The minimum Gasteiger partial charge on any atom is -0.493 e.